The van der Waals surface area contributed by atoms with Gasteiger partial charge in [-0.1, -0.05) is 12.1 Å². The summed E-state index contributed by atoms with van der Waals surface area (Å²) in [6, 6.07) is 0. The molecular weight excluding hydrogens is 218 g/mol. The summed E-state index contributed by atoms with van der Waals surface area (Å²) < 4.78 is 11.0. The molecule has 2 heterocycles. The summed E-state index contributed by atoms with van der Waals surface area (Å²) in [4.78, 5) is 4.29. The standard InChI is InChI=1S/C12H21N3O2/c1-3-5-11-14-10(15-17-11)8-16-12(2)6-4-7-13-9-12/h13H,3-9H2,1-2H3. The van der Waals surface area contributed by atoms with Crippen molar-refractivity contribution in [3.05, 3.63) is 11.7 Å². The van der Waals surface area contributed by atoms with Crippen molar-refractivity contribution < 1.29 is 9.26 Å². The predicted octanol–water partition coefficient (Wildman–Crippen LogP) is 1.68. The molecule has 2 rings (SSSR count). The third kappa shape index (κ3) is 3.51. The molecule has 5 nitrogen and oxygen atoms in total. The number of nitrogens with one attached hydrogen (secondary N) is 1. The SMILES string of the molecule is CCCc1nc(COC2(C)CCCNC2)no1. The first-order valence-electron chi connectivity index (χ1n) is 6.38. The lowest BCUT2D eigenvalue weighted by Crippen LogP contribution is -2.45. The maximum absolute atomic E-state index is 5.90. The van der Waals surface area contributed by atoms with Crippen molar-refractivity contribution in [3.63, 3.8) is 0 Å². The van der Waals surface area contributed by atoms with E-state index in [0.717, 1.165) is 38.8 Å². The first-order chi connectivity index (χ1) is 8.22. The smallest absolute Gasteiger partial charge is 0.226 e. The molecule has 0 radical (unpaired) electrons. The van der Waals surface area contributed by atoms with Crippen molar-refractivity contribution in [2.75, 3.05) is 13.1 Å². The monoisotopic (exact) mass is 239 g/mol. The second kappa shape index (κ2) is 5.60. The molecule has 1 aliphatic rings. The van der Waals surface area contributed by atoms with E-state index in [2.05, 4.69) is 29.3 Å². The second-order valence-corrected chi connectivity index (χ2v) is 4.87. The molecule has 0 spiro atoms. The molecule has 0 amide bonds. The van der Waals surface area contributed by atoms with Gasteiger partial charge in [0, 0.05) is 13.0 Å². The van der Waals surface area contributed by atoms with E-state index in [4.69, 9.17) is 9.26 Å². The Morgan fingerprint density at radius 2 is 2.41 bits per heavy atom. The van der Waals surface area contributed by atoms with Gasteiger partial charge < -0.3 is 14.6 Å². The van der Waals surface area contributed by atoms with Gasteiger partial charge in [0.15, 0.2) is 5.82 Å². The van der Waals surface area contributed by atoms with Gasteiger partial charge in [0.1, 0.15) is 6.61 Å². The third-order valence-corrected chi connectivity index (χ3v) is 3.08. The third-order valence-electron chi connectivity index (χ3n) is 3.08. The quantitative estimate of drug-likeness (QED) is 0.847. The van der Waals surface area contributed by atoms with Gasteiger partial charge in [-0.05, 0) is 32.7 Å². The number of nitrogens with zero attached hydrogens (tertiary/aromatic N) is 2. The zero-order valence-corrected chi connectivity index (χ0v) is 10.7. The molecule has 0 saturated carbocycles. The zero-order chi connectivity index (χ0) is 12.1. The van der Waals surface area contributed by atoms with Crippen molar-refractivity contribution in [2.24, 2.45) is 0 Å². The Kier molecular flexibility index (Phi) is 4.12. The van der Waals surface area contributed by atoms with Gasteiger partial charge >= 0.3 is 0 Å². The molecule has 1 unspecified atom stereocenters. The Hall–Kier alpha value is -0.940. The second-order valence-electron chi connectivity index (χ2n) is 4.87. The average molecular weight is 239 g/mol. The van der Waals surface area contributed by atoms with E-state index in [1.165, 1.54) is 0 Å². The number of hydrogen-bond acceptors (Lipinski definition) is 5. The van der Waals surface area contributed by atoms with Crippen LogP contribution in [0, 0.1) is 0 Å². The van der Waals surface area contributed by atoms with E-state index >= 15 is 0 Å². The minimum atomic E-state index is -0.0935. The molecule has 5 heteroatoms. The molecule has 0 aromatic carbocycles. The summed E-state index contributed by atoms with van der Waals surface area (Å²) in [5.74, 6) is 1.36. The molecule has 1 saturated heterocycles. The number of aryl methyl sites for hydroxylation is 1. The lowest BCUT2D eigenvalue weighted by molar-refractivity contribution is -0.0600. The van der Waals surface area contributed by atoms with E-state index < -0.39 is 0 Å². The van der Waals surface area contributed by atoms with Crippen LogP contribution in [0.1, 0.15) is 44.8 Å². The Balaban J connectivity index is 1.83. The first-order valence-corrected chi connectivity index (χ1v) is 6.38. The molecule has 96 valence electrons. The lowest BCUT2D eigenvalue weighted by atomic mass is 9.96. The summed E-state index contributed by atoms with van der Waals surface area (Å²) in [7, 11) is 0. The Bertz CT molecular complexity index is 345. The van der Waals surface area contributed by atoms with Crippen LogP contribution in [0.2, 0.25) is 0 Å². The number of hydrogen-bond donors (Lipinski definition) is 1. The zero-order valence-electron chi connectivity index (χ0n) is 10.7. The summed E-state index contributed by atoms with van der Waals surface area (Å²) in [6.07, 6.45) is 4.10. The van der Waals surface area contributed by atoms with Crippen molar-refractivity contribution in [2.45, 2.75) is 51.7 Å². The van der Waals surface area contributed by atoms with E-state index in [0.29, 0.717) is 18.3 Å². The summed E-state index contributed by atoms with van der Waals surface area (Å²) in [5.41, 5.74) is -0.0935. The van der Waals surface area contributed by atoms with E-state index in [1.54, 1.807) is 0 Å². The summed E-state index contributed by atoms with van der Waals surface area (Å²) in [5, 5.41) is 7.27. The van der Waals surface area contributed by atoms with Gasteiger partial charge in [-0.3, -0.25) is 0 Å². The normalized spacial score (nSPS) is 25.1. The van der Waals surface area contributed by atoms with E-state index in [1.807, 2.05) is 0 Å². The Morgan fingerprint density at radius 3 is 3.12 bits per heavy atom. The van der Waals surface area contributed by atoms with Gasteiger partial charge in [-0.25, -0.2) is 0 Å². The molecule has 1 N–H and O–H groups in total. The molecule has 17 heavy (non-hydrogen) atoms. The van der Waals surface area contributed by atoms with Crippen molar-refractivity contribution >= 4 is 0 Å². The fraction of sp³-hybridized carbons (Fsp3) is 0.833. The maximum atomic E-state index is 5.90. The molecule has 1 aliphatic heterocycles. The Morgan fingerprint density at radius 1 is 1.53 bits per heavy atom. The number of aromatic nitrogens is 2. The van der Waals surface area contributed by atoms with Crippen LogP contribution in [0.15, 0.2) is 4.52 Å². The minimum absolute atomic E-state index is 0.0935. The van der Waals surface area contributed by atoms with Crippen molar-refractivity contribution in [1.82, 2.24) is 15.5 Å². The summed E-state index contributed by atoms with van der Waals surface area (Å²) >= 11 is 0. The van der Waals surface area contributed by atoms with Crippen LogP contribution >= 0.6 is 0 Å². The maximum Gasteiger partial charge on any atom is 0.226 e. The molecule has 1 aromatic rings. The molecule has 0 bridgehead atoms. The highest BCUT2D eigenvalue weighted by Crippen LogP contribution is 2.21. The Labute approximate surface area is 102 Å². The lowest BCUT2D eigenvalue weighted by Gasteiger charge is -2.33. The molecule has 1 fully saturated rings. The van der Waals surface area contributed by atoms with Crippen LogP contribution in [-0.2, 0) is 17.8 Å². The molecule has 1 atom stereocenters. The number of rotatable bonds is 5. The van der Waals surface area contributed by atoms with Crippen LogP contribution in [0.5, 0.6) is 0 Å². The fourth-order valence-corrected chi connectivity index (χ4v) is 2.05. The van der Waals surface area contributed by atoms with Crippen LogP contribution < -0.4 is 5.32 Å². The van der Waals surface area contributed by atoms with Crippen LogP contribution in [0.3, 0.4) is 0 Å². The van der Waals surface area contributed by atoms with E-state index in [-0.39, 0.29) is 5.60 Å². The number of ether oxygens (including phenoxy) is 1. The fourth-order valence-electron chi connectivity index (χ4n) is 2.05. The average Bonchev–Trinajstić information content (AvgIpc) is 2.76. The largest absolute Gasteiger partial charge is 0.366 e. The van der Waals surface area contributed by atoms with E-state index in [9.17, 15) is 0 Å². The molecule has 1 aromatic heterocycles. The van der Waals surface area contributed by atoms with Crippen LogP contribution in [-0.4, -0.2) is 28.8 Å². The minimum Gasteiger partial charge on any atom is -0.366 e. The topological polar surface area (TPSA) is 60.2 Å². The van der Waals surface area contributed by atoms with Crippen molar-refractivity contribution in [3.8, 4) is 0 Å². The van der Waals surface area contributed by atoms with Crippen LogP contribution in [0.4, 0.5) is 0 Å². The highest BCUT2D eigenvalue weighted by molar-refractivity contribution is 4.87. The first kappa shape index (κ1) is 12.5. The predicted molar refractivity (Wildman–Crippen MR) is 63.6 cm³/mol. The molecule has 0 aliphatic carbocycles. The highest BCUT2D eigenvalue weighted by Gasteiger charge is 2.27. The van der Waals surface area contributed by atoms with Crippen LogP contribution in [0.25, 0.3) is 0 Å². The number of piperidine rings is 1. The van der Waals surface area contributed by atoms with Gasteiger partial charge in [0.25, 0.3) is 0 Å². The van der Waals surface area contributed by atoms with Gasteiger partial charge in [0.2, 0.25) is 5.89 Å². The summed E-state index contributed by atoms with van der Waals surface area (Å²) in [6.45, 7) is 6.64. The highest BCUT2D eigenvalue weighted by atomic mass is 16.5. The van der Waals surface area contributed by atoms with Gasteiger partial charge in [-0.15, -0.1) is 0 Å². The van der Waals surface area contributed by atoms with Crippen molar-refractivity contribution in [1.29, 1.82) is 0 Å². The van der Waals surface area contributed by atoms with Gasteiger partial charge in [0.05, 0.1) is 5.60 Å². The molecular formula is C12H21N3O2. The van der Waals surface area contributed by atoms with Gasteiger partial charge in [-0.2, -0.15) is 4.98 Å².